The lowest BCUT2D eigenvalue weighted by molar-refractivity contribution is -0.139. The maximum Gasteiger partial charge on any atom is 0.317 e. The van der Waals surface area contributed by atoms with Crippen LogP contribution in [-0.2, 0) is 24.5 Å². The topological polar surface area (TPSA) is 109 Å². The fourth-order valence-electron chi connectivity index (χ4n) is 3.01. The summed E-state index contributed by atoms with van der Waals surface area (Å²) in [5, 5.41) is 8.99. The predicted octanol–water partition coefficient (Wildman–Crippen LogP) is -0.863. The molecule has 2 aliphatic heterocycles. The molecule has 1 N–H and O–H groups in total. The van der Waals surface area contributed by atoms with Crippen molar-refractivity contribution in [3.63, 3.8) is 0 Å². The predicted molar refractivity (Wildman–Crippen MR) is 73.1 cm³/mol. The van der Waals surface area contributed by atoms with Crippen molar-refractivity contribution >= 4 is 25.6 Å². The lowest BCUT2D eigenvalue weighted by Gasteiger charge is -2.36. The molecule has 0 aromatic heterocycles. The van der Waals surface area contributed by atoms with E-state index in [1.807, 2.05) is 0 Å². The Kier molecular flexibility index (Phi) is 4.41. The number of carboxylic acids is 1. The summed E-state index contributed by atoms with van der Waals surface area (Å²) in [4.78, 5) is 12.6. The van der Waals surface area contributed by atoms with Crippen LogP contribution >= 0.6 is 0 Å². The molecule has 0 aliphatic carbocycles. The Hall–Kier alpha value is -0.670. The van der Waals surface area contributed by atoms with Crippen LogP contribution in [0.15, 0.2) is 0 Å². The van der Waals surface area contributed by atoms with Crippen LogP contribution in [0.2, 0.25) is 0 Å². The Balaban J connectivity index is 2.17. The van der Waals surface area contributed by atoms with Crippen LogP contribution in [0.4, 0.5) is 0 Å². The smallest absolute Gasteiger partial charge is 0.317 e. The molecular formula is C11H19NO6S2. The second-order valence-electron chi connectivity index (χ2n) is 5.53. The Morgan fingerprint density at radius 3 is 2.05 bits per heavy atom. The minimum absolute atomic E-state index is 0.0489. The molecule has 9 heteroatoms. The van der Waals surface area contributed by atoms with Crippen LogP contribution in [0.25, 0.3) is 0 Å². The third-order valence-electron chi connectivity index (χ3n) is 3.90. The van der Waals surface area contributed by atoms with Crippen molar-refractivity contribution in [2.45, 2.75) is 31.3 Å². The van der Waals surface area contributed by atoms with Crippen LogP contribution in [-0.4, -0.2) is 74.5 Å². The highest BCUT2D eigenvalue weighted by molar-refractivity contribution is 7.91. The molecule has 2 atom stereocenters. The molecule has 0 aromatic rings. The van der Waals surface area contributed by atoms with Crippen molar-refractivity contribution in [3.8, 4) is 0 Å². The van der Waals surface area contributed by atoms with E-state index >= 15 is 0 Å². The molecular weight excluding hydrogens is 306 g/mol. The van der Waals surface area contributed by atoms with Gasteiger partial charge in [-0.1, -0.05) is 0 Å². The van der Waals surface area contributed by atoms with Gasteiger partial charge in [0.2, 0.25) is 0 Å². The lowest BCUT2D eigenvalue weighted by Crippen LogP contribution is -2.51. The molecule has 2 unspecified atom stereocenters. The van der Waals surface area contributed by atoms with Gasteiger partial charge < -0.3 is 5.11 Å². The van der Waals surface area contributed by atoms with Crippen LogP contribution < -0.4 is 0 Å². The molecule has 0 bridgehead atoms. The summed E-state index contributed by atoms with van der Waals surface area (Å²) in [5.74, 6) is -1.02. The minimum Gasteiger partial charge on any atom is -0.480 e. The van der Waals surface area contributed by atoms with Gasteiger partial charge in [-0.15, -0.1) is 0 Å². The number of carbonyl (C=O) groups is 1. The van der Waals surface area contributed by atoms with Crippen molar-refractivity contribution in [1.82, 2.24) is 4.90 Å². The third kappa shape index (κ3) is 3.92. The molecule has 116 valence electrons. The normalized spacial score (nSPS) is 32.2. The van der Waals surface area contributed by atoms with Crippen LogP contribution in [0.3, 0.4) is 0 Å². The highest BCUT2D eigenvalue weighted by atomic mass is 32.2. The maximum absolute atomic E-state index is 11.7. The fourth-order valence-corrected chi connectivity index (χ4v) is 6.47. The van der Waals surface area contributed by atoms with E-state index in [-0.39, 0.29) is 41.6 Å². The first-order valence-corrected chi connectivity index (χ1v) is 10.2. The Morgan fingerprint density at radius 1 is 1.00 bits per heavy atom. The summed E-state index contributed by atoms with van der Waals surface area (Å²) in [6.07, 6.45) is 1.48. The van der Waals surface area contributed by atoms with Crippen molar-refractivity contribution in [3.05, 3.63) is 0 Å². The van der Waals surface area contributed by atoms with E-state index in [0.717, 1.165) is 0 Å². The van der Waals surface area contributed by atoms with Gasteiger partial charge in [-0.2, -0.15) is 0 Å². The van der Waals surface area contributed by atoms with Crippen LogP contribution in [0.5, 0.6) is 0 Å². The number of rotatable bonds is 4. The van der Waals surface area contributed by atoms with Gasteiger partial charge in [0, 0.05) is 12.1 Å². The van der Waals surface area contributed by atoms with Gasteiger partial charge in [-0.3, -0.25) is 9.69 Å². The van der Waals surface area contributed by atoms with E-state index in [9.17, 15) is 21.6 Å². The van der Waals surface area contributed by atoms with Gasteiger partial charge in [-0.25, -0.2) is 16.8 Å². The monoisotopic (exact) mass is 325 g/mol. The van der Waals surface area contributed by atoms with Crippen LogP contribution in [0, 0.1) is 0 Å². The fraction of sp³-hybridized carbons (Fsp3) is 0.909. The average molecular weight is 325 g/mol. The zero-order valence-corrected chi connectivity index (χ0v) is 12.7. The molecule has 2 saturated heterocycles. The van der Waals surface area contributed by atoms with E-state index in [4.69, 9.17) is 5.11 Å². The van der Waals surface area contributed by atoms with E-state index in [1.165, 1.54) is 0 Å². The summed E-state index contributed by atoms with van der Waals surface area (Å²) < 4.78 is 46.5. The minimum atomic E-state index is -3.16. The molecule has 0 aromatic carbocycles. The van der Waals surface area contributed by atoms with Crippen LogP contribution in [0.1, 0.15) is 19.3 Å². The van der Waals surface area contributed by atoms with E-state index in [0.29, 0.717) is 19.3 Å². The van der Waals surface area contributed by atoms with Gasteiger partial charge in [0.25, 0.3) is 0 Å². The number of nitrogens with zero attached hydrogens (tertiary/aromatic N) is 1. The van der Waals surface area contributed by atoms with E-state index in [2.05, 4.69) is 0 Å². The van der Waals surface area contributed by atoms with E-state index < -0.39 is 25.6 Å². The number of aliphatic carboxylic acids is 1. The molecule has 2 rings (SSSR count). The molecule has 0 amide bonds. The summed E-state index contributed by atoms with van der Waals surface area (Å²) >= 11 is 0. The summed E-state index contributed by atoms with van der Waals surface area (Å²) in [5.41, 5.74) is 0. The third-order valence-corrected chi connectivity index (χ3v) is 7.46. The van der Waals surface area contributed by atoms with Crippen molar-refractivity contribution in [2.24, 2.45) is 0 Å². The molecule has 0 saturated carbocycles. The van der Waals surface area contributed by atoms with E-state index in [1.54, 1.807) is 4.90 Å². The molecule has 2 aliphatic rings. The Bertz CT molecular complexity index is 582. The first kappa shape index (κ1) is 15.7. The van der Waals surface area contributed by atoms with Crippen molar-refractivity contribution < 1.29 is 26.7 Å². The molecule has 0 radical (unpaired) electrons. The standard InChI is InChI=1S/C11H19NO6S2/c13-11(14)6-12(10-3-5-20(17,18)8-10)9-2-1-4-19(15,16)7-9/h9-10H,1-8H2,(H,13,14). The highest BCUT2D eigenvalue weighted by Gasteiger charge is 2.39. The molecule has 0 spiro atoms. The molecule has 2 fully saturated rings. The van der Waals surface area contributed by atoms with Gasteiger partial charge in [0.15, 0.2) is 19.7 Å². The Morgan fingerprint density at radius 2 is 1.55 bits per heavy atom. The SMILES string of the molecule is O=C(O)CN(C1CCCS(=O)(=O)C1)C1CCS(=O)(=O)C1. The van der Waals surface area contributed by atoms with Gasteiger partial charge in [0.1, 0.15) is 0 Å². The second-order valence-corrected chi connectivity index (χ2v) is 9.99. The first-order chi connectivity index (χ1) is 9.19. The number of hydrogen-bond acceptors (Lipinski definition) is 6. The summed E-state index contributed by atoms with van der Waals surface area (Å²) in [6, 6.07) is -0.766. The summed E-state index contributed by atoms with van der Waals surface area (Å²) in [6.45, 7) is -0.305. The first-order valence-electron chi connectivity index (χ1n) is 6.57. The quantitative estimate of drug-likeness (QED) is 0.716. The zero-order chi connectivity index (χ0) is 15.0. The highest BCUT2D eigenvalue weighted by Crippen LogP contribution is 2.25. The lowest BCUT2D eigenvalue weighted by atomic mass is 10.1. The van der Waals surface area contributed by atoms with Crippen molar-refractivity contribution in [2.75, 3.05) is 29.6 Å². The molecule has 20 heavy (non-hydrogen) atoms. The Labute approximate surface area is 118 Å². The maximum atomic E-state index is 11.7. The average Bonchev–Trinajstić information content (AvgIpc) is 2.65. The van der Waals surface area contributed by atoms with Gasteiger partial charge >= 0.3 is 5.97 Å². The molecule has 2 heterocycles. The number of carboxylic acid groups (broad SMARTS) is 1. The largest absolute Gasteiger partial charge is 0.480 e. The van der Waals surface area contributed by atoms with Gasteiger partial charge in [0.05, 0.1) is 29.6 Å². The summed E-state index contributed by atoms with van der Waals surface area (Å²) in [7, 11) is -6.28. The molecule has 7 nitrogen and oxygen atoms in total. The zero-order valence-electron chi connectivity index (χ0n) is 11.1. The van der Waals surface area contributed by atoms with Gasteiger partial charge in [-0.05, 0) is 19.3 Å². The van der Waals surface area contributed by atoms with Crippen molar-refractivity contribution in [1.29, 1.82) is 0 Å². The number of hydrogen-bond donors (Lipinski definition) is 1. The second kappa shape index (κ2) is 5.61. The number of sulfone groups is 2.